The Morgan fingerprint density at radius 3 is 2.86 bits per heavy atom. The Labute approximate surface area is 126 Å². The van der Waals surface area contributed by atoms with Crippen molar-refractivity contribution in [1.29, 1.82) is 0 Å². The van der Waals surface area contributed by atoms with Crippen LogP contribution in [0, 0.1) is 5.92 Å². The molecule has 0 spiro atoms. The Bertz CT molecular complexity index is 434. The number of nitrogens with zero attached hydrogens (tertiary/aromatic N) is 1. The van der Waals surface area contributed by atoms with Crippen molar-refractivity contribution in [2.45, 2.75) is 25.8 Å². The van der Waals surface area contributed by atoms with Crippen LogP contribution in [0.15, 0.2) is 30.3 Å². The average Bonchev–Trinajstić information content (AvgIpc) is 3.00. The monoisotopic (exact) mass is 291 g/mol. The first-order valence-corrected chi connectivity index (χ1v) is 7.68. The van der Waals surface area contributed by atoms with Crippen LogP contribution in [0.25, 0.3) is 0 Å². The molecule has 1 aliphatic rings. The van der Waals surface area contributed by atoms with Gasteiger partial charge >= 0.3 is 6.03 Å². The maximum atomic E-state index is 11.7. The number of rotatable bonds is 6. The summed E-state index contributed by atoms with van der Waals surface area (Å²) in [6, 6.07) is 10.0. The van der Waals surface area contributed by atoms with Gasteiger partial charge in [-0.3, -0.25) is 0 Å². The van der Waals surface area contributed by atoms with Crippen molar-refractivity contribution in [3.8, 4) is 0 Å². The zero-order valence-corrected chi connectivity index (χ0v) is 12.6. The third-order valence-electron chi connectivity index (χ3n) is 4.01. The van der Waals surface area contributed by atoms with Gasteiger partial charge in [-0.15, -0.1) is 0 Å². The zero-order valence-electron chi connectivity index (χ0n) is 12.6. The number of anilines is 1. The fourth-order valence-electron chi connectivity index (χ4n) is 2.62. The minimum absolute atomic E-state index is 0.0187. The summed E-state index contributed by atoms with van der Waals surface area (Å²) in [7, 11) is 0. The summed E-state index contributed by atoms with van der Waals surface area (Å²) in [5, 5.41) is 14.7. The molecule has 1 fully saturated rings. The second-order valence-corrected chi connectivity index (χ2v) is 5.58. The highest BCUT2D eigenvalue weighted by atomic mass is 16.3. The molecule has 0 radical (unpaired) electrons. The fourth-order valence-corrected chi connectivity index (χ4v) is 2.62. The molecule has 5 heteroatoms. The Kier molecular flexibility index (Phi) is 5.87. The second-order valence-electron chi connectivity index (χ2n) is 5.58. The molecule has 5 nitrogen and oxygen atoms in total. The third kappa shape index (κ3) is 4.63. The molecule has 1 heterocycles. The number of carbonyl (C=O) groups is 1. The van der Waals surface area contributed by atoms with Crippen molar-refractivity contribution in [2.75, 3.05) is 31.1 Å². The Morgan fingerprint density at radius 2 is 2.19 bits per heavy atom. The van der Waals surface area contributed by atoms with Gasteiger partial charge in [0.05, 0.1) is 12.6 Å². The maximum absolute atomic E-state index is 11.7. The van der Waals surface area contributed by atoms with Gasteiger partial charge in [-0.05, 0) is 30.9 Å². The lowest BCUT2D eigenvalue weighted by Crippen LogP contribution is -2.45. The first-order chi connectivity index (χ1) is 10.2. The topological polar surface area (TPSA) is 64.6 Å². The lowest BCUT2D eigenvalue weighted by atomic mass is 10.1. The number of amides is 2. The summed E-state index contributed by atoms with van der Waals surface area (Å²) in [6.07, 6.45) is 1.82. The molecule has 3 N–H and O–H groups in total. The maximum Gasteiger partial charge on any atom is 0.315 e. The van der Waals surface area contributed by atoms with Crippen LogP contribution in [-0.2, 0) is 0 Å². The number of benzene rings is 1. The van der Waals surface area contributed by atoms with Crippen LogP contribution in [0.2, 0.25) is 0 Å². The van der Waals surface area contributed by atoms with Gasteiger partial charge in [0.1, 0.15) is 0 Å². The molecule has 1 saturated heterocycles. The van der Waals surface area contributed by atoms with Crippen LogP contribution in [0.3, 0.4) is 0 Å². The van der Waals surface area contributed by atoms with E-state index in [1.54, 1.807) is 0 Å². The van der Waals surface area contributed by atoms with Crippen molar-refractivity contribution >= 4 is 11.7 Å². The number of urea groups is 1. The van der Waals surface area contributed by atoms with Crippen molar-refractivity contribution in [1.82, 2.24) is 10.6 Å². The highest BCUT2D eigenvalue weighted by Crippen LogP contribution is 2.22. The molecule has 0 aromatic heterocycles. The second kappa shape index (κ2) is 7.88. The van der Waals surface area contributed by atoms with Gasteiger partial charge in [-0.2, -0.15) is 0 Å². The van der Waals surface area contributed by atoms with Gasteiger partial charge in [0.2, 0.25) is 0 Å². The van der Waals surface area contributed by atoms with E-state index in [0.717, 1.165) is 25.9 Å². The van der Waals surface area contributed by atoms with E-state index in [4.69, 9.17) is 5.11 Å². The molecule has 21 heavy (non-hydrogen) atoms. The zero-order chi connectivity index (χ0) is 15.1. The standard InChI is InChI=1S/C16H25N3O2/c1-2-14(12-20)18-16(21)17-10-13-8-9-19(11-13)15-6-4-3-5-7-15/h3-7,13-14,20H,2,8-12H2,1H3,(H2,17,18,21). The summed E-state index contributed by atoms with van der Waals surface area (Å²) >= 11 is 0. The number of hydrogen-bond donors (Lipinski definition) is 3. The Hall–Kier alpha value is -1.75. The van der Waals surface area contributed by atoms with Gasteiger partial charge in [0.25, 0.3) is 0 Å². The van der Waals surface area contributed by atoms with Crippen molar-refractivity contribution in [2.24, 2.45) is 5.92 Å². The molecule has 2 rings (SSSR count). The van der Waals surface area contributed by atoms with E-state index in [1.165, 1.54) is 5.69 Å². The average molecular weight is 291 g/mol. The summed E-state index contributed by atoms with van der Waals surface area (Å²) in [6.45, 7) is 4.61. The highest BCUT2D eigenvalue weighted by molar-refractivity contribution is 5.74. The number of para-hydroxylation sites is 1. The summed E-state index contributed by atoms with van der Waals surface area (Å²) in [5.41, 5.74) is 1.25. The van der Waals surface area contributed by atoms with E-state index in [-0.39, 0.29) is 18.7 Å². The Balaban J connectivity index is 1.72. The van der Waals surface area contributed by atoms with E-state index in [0.29, 0.717) is 12.5 Å². The van der Waals surface area contributed by atoms with Crippen LogP contribution >= 0.6 is 0 Å². The molecule has 0 bridgehead atoms. The molecule has 0 saturated carbocycles. The summed E-state index contributed by atoms with van der Waals surface area (Å²) < 4.78 is 0. The van der Waals surface area contributed by atoms with Crippen molar-refractivity contribution in [3.63, 3.8) is 0 Å². The van der Waals surface area contributed by atoms with Crippen LogP contribution in [-0.4, -0.2) is 43.4 Å². The van der Waals surface area contributed by atoms with Gasteiger partial charge in [0.15, 0.2) is 0 Å². The highest BCUT2D eigenvalue weighted by Gasteiger charge is 2.23. The van der Waals surface area contributed by atoms with Gasteiger partial charge in [-0.25, -0.2) is 4.79 Å². The minimum atomic E-state index is -0.186. The molecular weight excluding hydrogens is 266 g/mol. The molecule has 2 amide bonds. The number of nitrogens with one attached hydrogen (secondary N) is 2. The number of hydrogen-bond acceptors (Lipinski definition) is 3. The van der Waals surface area contributed by atoms with E-state index < -0.39 is 0 Å². The number of aliphatic hydroxyl groups excluding tert-OH is 1. The quantitative estimate of drug-likeness (QED) is 0.745. The van der Waals surface area contributed by atoms with Crippen molar-refractivity contribution < 1.29 is 9.90 Å². The van der Waals surface area contributed by atoms with E-state index in [9.17, 15) is 4.79 Å². The molecule has 1 aliphatic heterocycles. The lowest BCUT2D eigenvalue weighted by molar-refractivity contribution is 0.213. The van der Waals surface area contributed by atoms with Crippen LogP contribution in [0.4, 0.5) is 10.5 Å². The van der Waals surface area contributed by atoms with Crippen LogP contribution in [0.5, 0.6) is 0 Å². The van der Waals surface area contributed by atoms with Crippen LogP contribution < -0.4 is 15.5 Å². The van der Waals surface area contributed by atoms with Crippen molar-refractivity contribution in [3.05, 3.63) is 30.3 Å². The molecule has 2 unspecified atom stereocenters. The van der Waals surface area contributed by atoms with Crippen LogP contribution in [0.1, 0.15) is 19.8 Å². The predicted octanol–water partition coefficient (Wildman–Crippen LogP) is 1.58. The molecule has 2 atom stereocenters. The molecule has 116 valence electrons. The summed E-state index contributed by atoms with van der Waals surface area (Å²) in [5.74, 6) is 0.477. The van der Waals surface area contributed by atoms with E-state index in [1.807, 2.05) is 25.1 Å². The number of carbonyl (C=O) groups excluding carboxylic acids is 1. The first-order valence-electron chi connectivity index (χ1n) is 7.68. The van der Waals surface area contributed by atoms with Gasteiger partial charge in [-0.1, -0.05) is 25.1 Å². The van der Waals surface area contributed by atoms with Gasteiger partial charge < -0.3 is 20.6 Å². The smallest absolute Gasteiger partial charge is 0.315 e. The minimum Gasteiger partial charge on any atom is -0.394 e. The SMILES string of the molecule is CCC(CO)NC(=O)NCC1CCN(c2ccccc2)C1. The predicted molar refractivity (Wildman–Crippen MR) is 84.5 cm³/mol. The van der Waals surface area contributed by atoms with Gasteiger partial charge in [0, 0.05) is 25.3 Å². The molecular formula is C16H25N3O2. The molecule has 0 aliphatic carbocycles. The van der Waals surface area contributed by atoms with E-state index >= 15 is 0 Å². The van der Waals surface area contributed by atoms with E-state index in [2.05, 4.69) is 27.7 Å². The summed E-state index contributed by atoms with van der Waals surface area (Å²) in [4.78, 5) is 14.1. The molecule has 1 aromatic rings. The normalized spacial score (nSPS) is 19.3. The Morgan fingerprint density at radius 1 is 1.43 bits per heavy atom. The lowest BCUT2D eigenvalue weighted by Gasteiger charge is -2.19. The first kappa shape index (κ1) is 15.6. The third-order valence-corrected chi connectivity index (χ3v) is 4.01. The fraction of sp³-hybridized carbons (Fsp3) is 0.562. The largest absolute Gasteiger partial charge is 0.394 e. The number of aliphatic hydroxyl groups is 1. The molecule has 1 aromatic carbocycles.